The van der Waals surface area contributed by atoms with Crippen LogP contribution in [-0.2, 0) is 5.41 Å². The Kier molecular flexibility index (Phi) is 4.21. The van der Waals surface area contributed by atoms with Crippen molar-refractivity contribution < 1.29 is 5.11 Å². The van der Waals surface area contributed by atoms with Crippen LogP contribution in [0.3, 0.4) is 0 Å². The number of thiazole rings is 1. The number of nitrogens with zero attached hydrogens (tertiary/aromatic N) is 1. The number of aliphatic hydroxyl groups is 1. The van der Waals surface area contributed by atoms with Gasteiger partial charge in [-0.3, -0.25) is 0 Å². The van der Waals surface area contributed by atoms with Crippen molar-refractivity contribution in [3.63, 3.8) is 0 Å². The van der Waals surface area contributed by atoms with Crippen molar-refractivity contribution in [3.8, 4) is 0 Å². The number of aliphatic hydroxyl groups excluding tert-OH is 1. The van der Waals surface area contributed by atoms with Crippen molar-refractivity contribution in [1.29, 1.82) is 0 Å². The van der Waals surface area contributed by atoms with Crippen LogP contribution in [0.25, 0.3) is 0 Å². The molecule has 1 aromatic carbocycles. The van der Waals surface area contributed by atoms with Crippen LogP contribution in [0.2, 0.25) is 10.0 Å². The van der Waals surface area contributed by atoms with Crippen LogP contribution in [0.1, 0.15) is 43.1 Å². The van der Waals surface area contributed by atoms with Crippen molar-refractivity contribution >= 4 is 34.5 Å². The Hall–Kier alpha value is -0.610. The molecule has 0 amide bonds. The molecule has 2 aromatic rings. The Balaban J connectivity index is 2.31. The second-order valence-electron chi connectivity index (χ2n) is 5.40. The minimum absolute atomic E-state index is 0.0136. The second kappa shape index (κ2) is 5.41. The van der Waals surface area contributed by atoms with Gasteiger partial charge in [-0.2, -0.15) is 0 Å². The van der Waals surface area contributed by atoms with Crippen molar-refractivity contribution in [2.75, 3.05) is 0 Å². The largest absolute Gasteiger partial charge is 0.382 e. The zero-order valence-corrected chi connectivity index (χ0v) is 13.3. The Morgan fingerprint density at radius 1 is 1.21 bits per heavy atom. The van der Waals surface area contributed by atoms with Gasteiger partial charge in [-0.05, 0) is 17.7 Å². The first-order valence-electron chi connectivity index (χ1n) is 5.88. The van der Waals surface area contributed by atoms with Gasteiger partial charge in [0.2, 0.25) is 0 Å². The standard InChI is InChI=1S/C14H15Cl2NOS/c1-14(2,3)13-17-11(7-19-13)12(18)8-4-5-9(15)10(16)6-8/h4-7,12,18H,1-3H3. The zero-order chi connectivity index (χ0) is 14.2. The number of hydrogen-bond acceptors (Lipinski definition) is 3. The average molecular weight is 316 g/mol. The van der Waals surface area contributed by atoms with Gasteiger partial charge in [-0.25, -0.2) is 4.98 Å². The molecule has 0 bridgehead atoms. The maximum atomic E-state index is 10.3. The molecule has 0 saturated carbocycles. The summed E-state index contributed by atoms with van der Waals surface area (Å²) < 4.78 is 0. The van der Waals surface area contributed by atoms with Gasteiger partial charge >= 0.3 is 0 Å². The second-order valence-corrected chi connectivity index (χ2v) is 7.08. The van der Waals surface area contributed by atoms with E-state index in [2.05, 4.69) is 25.8 Å². The molecule has 0 fully saturated rings. The van der Waals surface area contributed by atoms with Gasteiger partial charge in [-0.15, -0.1) is 11.3 Å². The smallest absolute Gasteiger partial charge is 0.122 e. The fourth-order valence-corrected chi connectivity index (χ4v) is 2.84. The number of halogens is 2. The number of hydrogen-bond donors (Lipinski definition) is 1. The van der Waals surface area contributed by atoms with Gasteiger partial charge in [-0.1, -0.05) is 50.0 Å². The Morgan fingerprint density at radius 3 is 2.42 bits per heavy atom. The molecule has 0 radical (unpaired) electrons. The van der Waals surface area contributed by atoms with Gasteiger partial charge in [0.15, 0.2) is 0 Å². The van der Waals surface area contributed by atoms with Gasteiger partial charge in [0.1, 0.15) is 6.10 Å². The fraction of sp³-hybridized carbons (Fsp3) is 0.357. The molecular weight excluding hydrogens is 301 g/mol. The molecule has 102 valence electrons. The molecule has 5 heteroatoms. The molecule has 0 aliphatic rings. The fourth-order valence-electron chi connectivity index (χ4n) is 1.61. The normalized spacial score (nSPS) is 13.6. The van der Waals surface area contributed by atoms with Crippen LogP contribution in [0, 0.1) is 0 Å². The predicted octanol–water partition coefficient (Wildman–Crippen LogP) is 4.83. The van der Waals surface area contributed by atoms with Crippen molar-refractivity contribution in [3.05, 3.63) is 49.9 Å². The Bertz CT molecular complexity index is 589. The third-order valence-electron chi connectivity index (χ3n) is 2.70. The zero-order valence-electron chi connectivity index (χ0n) is 10.9. The molecule has 0 aliphatic heterocycles. The highest BCUT2D eigenvalue weighted by Gasteiger charge is 2.21. The molecule has 1 atom stereocenters. The predicted molar refractivity (Wildman–Crippen MR) is 81.3 cm³/mol. The molecule has 19 heavy (non-hydrogen) atoms. The molecule has 0 saturated heterocycles. The van der Waals surface area contributed by atoms with E-state index in [9.17, 15) is 5.11 Å². The van der Waals surface area contributed by atoms with E-state index in [0.29, 0.717) is 21.3 Å². The summed E-state index contributed by atoms with van der Waals surface area (Å²) in [4.78, 5) is 4.50. The maximum absolute atomic E-state index is 10.3. The maximum Gasteiger partial charge on any atom is 0.122 e. The van der Waals surface area contributed by atoms with E-state index in [1.807, 2.05) is 5.38 Å². The molecule has 0 aliphatic carbocycles. The van der Waals surface area contributed by atoms with E-state index < -0.39 is 6.10 Å². The highest BCUT2D eigenvalue weighted by Crippen LogP contribution is 2.32. The topological polar surface area (TPSA) is 33.1 Å². The van der Waals surface area contributed by atoms with E-state index in [1.165, 1.54) is 0 Å². The number of rotatable bonds is 2. The van der Waals surface area contributed by atoms with Crippen LogP contribution < -0.4 is 0 Å². The summed E-state index contributed by atoms with van der Waals surface area (Å²) in [5, 5.41) is 14.1. The molecule has 1 aromatic heterocycles. The van der Waals surface area contributed by atoms with Gasteiger partial charge in [0, 0.05) is 10.8 Å². The van der Waals surface area contributed by atoms with E-state index in [4.69, 9.17) is 23.2 Å². The summed E-state index contributed by atoms with van der Waals surface area (Å²) >= 11 is 13.4. The lowest BCUT2D eigenvalue weighted by Gasteiger charge is -2.14. The van der Waals surface area contributed by atoms with E-state index in [0.717, 1.165) is 5.01 Å². The van der Waals surface area contributed by atoms with E-state index in [1.54, 1.807) is 29.5 Å². The first-order chi connectivity index (χ1) is 8.79. The van der Waals surface area contributed by atoms with Crippen LogP contribution in [0.4, 0.5) is 0 Å². The minimum atomic E-state index is -0.776. The Labute approximate surface area is 127 Å². The SMILES string of the molecule is CC(C)(C)c1nc(C(O)c2ccc(Cl)c(Cl)c2)cs1. The van der Waals surface area contributed by atoms with Crippen LogP contribution in [0.15, 0.2) is 23.6 Å². The number of aromatic nitrogens is 1. The quantitative estimate of drug-likeness (QED) is 0.861. The average Bonchev–Trinajstić information content (AvgIpc) is 2.81. The van der Waals surface area contributed by atoms with Crippen LogP contribution in [-0.4, -0.2) is 10.1 Å². The Morgan fingerprint density at radius 2 is 1.89 bits per heavy atom. The third-order valence-corrected chi connectivity index (χ3v) is 4.73. The van der Waals surface area contributed by atoms with Crippen LogP contribution in [0.5, 0.6) is 0 Å². The number of benzene rings is 1. The van der Waals surface area contributed by atoms with Gasteiger partial charge < -0.3 is 5.11 Å². The monoisotopic (exact) mass is 315 g/mol. The summed E-state index contributed by atoms with van der Waals surface area (Å²) in [6.45, 7) is 6.30. The first-order valence-corrected chi connectivity index (χ1v) is 7.51. The molecule has 2 rings (SSSR count). The molecular formula is C14H15Cl2NOS. The highest BCUT2D eigenvalue weighted by molar-refractivity contribution is 7.09. The minimum Gasteiger partial charge on any atom is -0.382 e. The van der Waals surface area contributed by atoms with Crippen molar-refractivity contribution in [1.82, 2.24) is 4.98 Å². The molecule has 1 unspecified atom stereocenters. The third kappa shape index (κ3) is 3.29. The summed E-state index contributed by atoms with van der Waals surface area (Å²) in [6.07, 6.45) is -0.776. The van der Waals surface area contributed by atoms with E-state index in [-0.39, 0.29) is 5.41 Å². The molecule has 2 nitrogen and oxygen atoms in total. The summed E-state index contributed by atoms with van der Waals surface area (Å²) in [5.41, 5.74) is 1.33. The highest BCUT2D eigenvalue weighted by atomic mass is 35.5. The van der Waals surface area contributed by atoms with Gasteiger partial charge in [0.05, 0.1) is 20.7 Å². The molecule has 0 spiro atoms. The lowest BCUT2D eigenvalue weighted by atomic mass is 9.98. The van der Waals surface area contributed by atoms with E-state index >= 15 is 0 Å². The van der Waals surface area contributed by atoms with Crippen LogP contribution >= 0.6 is 34.5 Å². The summed E-state index contributed by atoms with van der Waals surface area (Å²) in [5.74, 6) is 0. The molecule has 1 N–H and O–H groups in total. The van der Waals surface area contributed by atoms with Gasteiger partial charge in [0.25, 0.3) is 0 Å². The molecule has 1 heterocycles. The van der Waals surface area contributed by atoms with Crippen molar-refractivity contribution in [2.24, 2.45) is 0 Å². The summed E-state index contributed by atoms with van der Waals surface area (Å²) in [7, 11) is 0. The lowest BCUT2D eigenvalue weighted by molar-refractivity contribution is 0.215. The summed E-state index contributed by atoms with van der Waals surface area (Å²) in [6, 6.07) is 5.11. The van der Waals surface area contributed by atoms with Crippen molar-refractivity contribution in [2.45, 2.75) is 32.3 Å². The lowest BCUT2D eigenvalue weighted by Crippen LogP contribution is -2.11. The first kappa shape index (κ1) is 14.8.